The second kappa shape index (κ2) is 10.3. The normalized spacial score (nSPS) is 14.0. The maximum atomic E-state index is 12.8. The summed E-state index contributed by atoms with van der Waals surface area (Å²) in [7, 11) is -3.88. The number of anilines is 2. The van der Waals surface area contributed by atoms with Crippen molar-refractivity contribution in [3.63, 3.8) is 0 Å². The van der Waals surface area contributed by atoms with E-state index in [1.54, 1.807) is 23.1 Å². The summed E-state index contributed by atoms with van der Waals surface area (Å²) in [5.41, 5.74) is 2.29. The minimum Gasteiger partial charge on any atom is -0.378 e. The molecule has 2 heterocycles. The molecule has 1 aromatic heterocycles. The smallest absolute Gasteiger partial charge is 0.263 e. The van der Waals surface area contributed by atoms with E-state index >= 15 is 0 Å². The summed E-state index contributed by atoms with van der Waals surface area (Å²) in [6, 6.07) is 13.6. The number of nitrogens with zero attached hydrogens (tertiary/aromatic N) is 3. The molecule has 0 aliphatic carbocycles. The van der Waals surface area contributed by atoms with Gasteiger partial charge in [0.25, 0.3) is 10.0 Å². The van der Waals surface area contributed by atoms with E-state index in [1.165, 1.54) is 19.1 Å². The highest BCUT2D eigenvalue weighted by molar-refractivity contribution is 7.93. The van der Waals surface area contributed by atoms with E-state index in [2.05, 4.69) is 19.4 Å². The standard InChI is InChI=1S/C22H23N5O5S2/c1-15(28)23-18-4-2-3-17(13-18)16-5-7-19(8-6-16)34(30,31)26-22-24-20(25-33-22)14-21(29)27-9-11-32-12-10-27/h2-8,13H,9-12,14H2,1H3,(H,23,28)(H,24,25,26). The first-order chi connectivity index (χ1) is 16.3. The first kappa shape index (κ1) is 23.8. The van der Waals surface area contributed by atoms with Crippen molar-refractivity contribution in [1.82, 2.24) is 14.3 Å². The number of aromatic nitrogens is 2. The number of hydrogen-bond donors (Lipinski definition) is 2. The monoisotopic (exact) mass is 501 g/mol. The average molecular weight is 502 g/mol. The minimum absolute atomic E-state index is 0.00444. The molecule has 0 saturated carbocycles. The third-order valence-corrected chi connectivity index (χ3v) is 7.20. The Morgan fingerprint density at radius 1 is 1.09 bits per heavy atom. The Morgan fingerprint density at radius 3 is 2.53 bits per heavy atom. The fourth-order valence-electron chi connectivity index (χ4n) is 3.41. The zero-order chi connectivity index (χ0) is 24.1. The highest BCUT2D eigenvalue weighted by Crippen LogP contribution is 2.25. The number of sulfonamides is 1. The quantitative estimate of drug-likeness (QED) is 0.508. The maximum absolute atomic E-state index is 12.8. The molecule has 0 atom stereocenters. The lowest BCUT2D eigenvalue weighted by atomic mass is 10.1. The molecule has 178 valence electrons. The molecule has 2 amide bonds. The van der Waals surface area contributed by atoms with Gasteiger partial charge in [0.05, 0.1) is 24.5 Å². The van der Waals surface area contributed by atoms with Gasteiger partial charge in [-0.2, -0.15) is 4.37 Å². The van der Waals surface area contributed by atoms with Crippen molar-refractivity contribution in [3.8, 4) is 11.1 Å². The van der Waals surface area contributed by atoms with Crippen LogP contribution in [0.15, 0.2) is 53.4 Å². The number of benzene rings is 2. The Hall–Kier alpha value is -3.35. The minimum atomic E-state index is -3.88. The molecule has 0 unspecified atom stereocenters. The highest BCUT2D eigenvalue weighted by Gasteiger charge is 2.21. The van der Waals surface area contributed by atoms with Gasteiger partial charge in [0.1, 0.15) is 0 Å². The Balaban J connectivity index is 1.42. The van der Waals surface area contributed by atoms with Crippen molar-refractivity contribution in [2.45, 2.75) is 18.2 Å². The van der Waals surface area contributed by atoms with Gasteiger partial charge in [0.2, 0.25) is 16.9 Å². The van der Waals surface area contributed by atoms with Crippen LogP contribution in [0.4, 0.5) is 10.8 Å². The second-order valence-corrected chi connectivity index (χ2v) is 10.0. The van der Waals surface area contributed by atoms with Gasteiger partial charge >= 0.3 is 0 Å². The largest absolute Gasteiger partial charge is 0.378 e. The van der Waals surface area contributed by atoms with E-state index in [9.17, 15) is 18.0 Å². The molecule has 10 nitrogen and oxygen atoms in total. The molecular formula is C22H23N5O5S2. The SMILES string of the molecule is CC(=O)Nc1cccc(-c2ccc(S(=O)(=O)Nc3nc(CC(=O)N4CCOCC4)ns3)cc2)c1. The van der Waals surface area contributed by atoms with Gasteiger partial charge < -0.3 is 15.0 Å². The first-order valence-corrected chi connectivity index (χ1v) is 12.7. The molecular weight excluding hydrogens is 478 g/mol. The van der Waals surface area contributed by atoms with Crippen molar-refractivity contribution in [1.29, 1.82) is 0 Å². The predicted molar refractivity (Wildman–Crippen MR) is 128 cm³/mol. The van der Waals surface area contributed by atoms with Gasteiger partial charge in [-0.05, 0) is 35.4 Å². The lowest BCUT2D eigenvalue weighted by Gasteiger charge is -2.26. The van der Waals surface area contributed by atoms with Crippen molar-refractivity contribution in [3.05, 3.63) is 54.4 Å². The molecule has 3 aromatic rings. The summed E-state index contributed by atoms with van der Waals surface area (Å²) in [6.07, 6.45) is 0.00444. The van der Waals surface area contributed by atoms with Gasteiger partial charge in [-0.3, -0.25) is 14.3 Å². The lowest BCUT2D eigenvalue weighted by Crippen LogP contribution is -2.41. The van der Waals surface area contributed by atoms with E-state index in [0.717, 1.165) is 22.7 Å². The highest BCUT2D eigenvalue weighted by atomic mass is 32.2. The number of hydrogen-bond acceptors (Lipinski definition) is 8. The third-order valence-electron chi connectivity index (χ3n) is 5.04. The van der Waals surface area contributed by atoms with Gasteiger partial charge in [0.15, 0.2) is 5.82 Å². The van der Waals surface area contributed by atoms with Crippen LogP contribution in [-0.4, -0.2) is 60.8 Å². The van der Waals surface area contributed by atoms with E-state index in [1.807, 2.05) is 18.2 Å². The van der Waals surface area contributed by atoms with Gasteiger partial charge in [-0.25, -0.2) is 13.4 Å². The van der Waals surface area contributed by atoms with Crippen LogP contribution in [0.25, 0.3) is 11.1 Å². The Morgan fingerprint density at radius 2 is 1.82 bits per heavy atom. The fourth-order valence-corrected chi connectivity index (χ4v) is 5.22. The van der Waals surface area contributed by atoms with Crippen LogP contribution in [-0.2, 0) is 30.8 Å². The van der Waals surface area contributed by atoms with Crippen molar-refractivity contribution in [2.75, 3.05) is 36.3 Å². The number of morpholine rings is 1. The number of ether oxygens (including phenoxy) is 1. The fraction of sp³-hybridized carbons (Fsp3) is 0.273. The maximum Gasteiger partial charge on any atom is 0.263 e. The number of rotatable bonds is 7. The van der Waals surface area contributed by atoms with Crippen molar-refractivity contribution in [2.24, 2.45) is 0 Å². The number of carbonyl (C=O) groups is 2. The molecule has 12 heteroatoms. The van der Waals surface area contributed by atoms with Crippen LogP contribution in [0.1, 0.15) is 12.7 Å². The summed E-state index contributed by atoms with van der Waals surface area (Å²) in [6.45, 7) is 3.48. The summed E-state index contributed by atoms with van der Waals surface area (Å²) in [5, 5.41) is 2.82. The summed E-state index contributed by atoms with van der Waals surface area (Å²) in [5.74, 6) is -0.0165. The zero-order valence-corrected chi connectivity index (χ0v) is 20.0. The third kappa shape index (κ3) is 5.95. The second-order valence-electron chi connectivity index (χ2n) is 7.58. The molecule has 34 heavy (non-hydrogen) atoms. The predicted octanol–water partition coefficient (Wildman–Crippen LogP) is 2.37. The Bertz CT molecular complexity index is 1290. The number of nitrogens with one attached hydrogen (secondary N) is 2. The molecule has 1 aliphatic rings. The Labute approximate surface area is 201 Å². The molecule has 0 spiro atoms. The van der Waals surface area contributed by atoms with E-state index in [4.69, 9.17) is 4.74 Å². The van der Waals surface area contributed by atoms with E-state index in [0.29, 0.717) is 32.0 Å². The molecule has 0 radical (unpaired) electrons. The first-order valence-electron chi connectivity index (χ1n) is 10.5. The van der Waals surface area contributed by atoms with Crippen LogP contribution in [0.2, 0.25) is 0 Å². The lowest BCUT2D eigenvalue weighted by molar-refractivity contribution is -0.134. The van der Waals surface area contributed by atoms with Crippen molar-refractivity contribution >= 4 is 44.2 Å². The van der Waals surface area contributed by atoms with E-state index in [-0.39, 0.29) is 34.1 Å². The topological polar surface area (TPSA) is 131 Å². The van der Waals surface area contributed by atoms with Crippen LogP contribution < -0.4 is 10.0 Å². The van der Waals surface area contributed by atoms with Gasteiger partial charge in [-0.15, -0.1) is 0 Å². The molecule has 2 aromatic carbocycles. The molecule has 4 rings (SSSR count). The van der Waals surface area contributed by atoms with E-state index < -0.39 is 10.0 Å². The summed E-state index contributed by atoms with van der Waals surface area (Å²) in [4.78, 5) is 29.5. The van der Waals surface area contributed by atoms with Crippen LogP contribution in [0.3, 0.4) is 0 Å². The summed E-state index contributed by atoms with van der Waals surface area (Å²) >= 11 is 0.885. The van der Waals surface area contributed by atoms with Crippen molar-refractivity contribution < 1.29 is 22.7 Å². The molecule has 2 N–H and O–H groups in total. The Kier molecular flexibility index (Phi) is 7.20. The van der Waals surface area contributed by atoms with Crippen LogP contribution >= 0.6 is 11.5 Å². The number of amides is 2. The molecule has 1 aliphatic heterocycles. The average Bonchev–Trinajstić information content (AvgIpc) is 3.25. The van der Waals surface area contributed by atoms with Crippen LogP contribution in [0, 0.1) is 0 Å². The molecule has 0 bridgehead atoms. The van der Waals surface area contributed by atoms with Gasteiger partial charge in [-0.1, -0.05) is 24.3 Å². The van der Waals surface area contributed by atoms with Crippen LogP contribution in [0.5, 0.6) is 0 Å². The molecule has 1 fully saturated rings. The number of carbonyl (C=O) groups excluding carboxylic acids is 2. The summed E-state index contributed by atoms with van der Waals surface area (Å²) < 4.78 is 37.4. The van der Waals surface area contributed by atoms with Gasteiger partial charge in [0, 0.05) is 37.2 Å². The molecule has 1 saturated heterocycles. The zero-order valence-electron chi connectivity index (χ0n) is 18.4.